The highest BCUT2D eigenvalue weighted by atomic mass is 16.6. The minimum atomic E-state index is -0.389. The fourth-order valence-corrected chi connectivity index (χ4v) is 3.44. The summed E-state index contributed by atoms with van der Waals surface area (Å²) in [5.41, 5.74) is 1.48. The molecule has 3 rings (SSSR count). The molecule has 2 heterocycles. The fraction of sp³-hybridized carbons (Fsp3) is 0.421. The smallest absolute Gasteiger partial charge is 0.293 e. The van der Waals surface area contributed by atoms with E-state index in [1.54, 1.807) is 12.3 Å². The van der Waals surface area contributed by atoms with E-state index in [4.69, 9.17) is 4.74 Å². The molecule has 0 bridgehead atoms. The molecule has 6 heteroatoms. The van der Waals surface area contributed by atoms with Gasteiger partial charge in [-0.1, -0.05) is 30.3 Å². The van der Waals surface area contributed by atoms with Crippen LogP contribution in [0.5, 0.6) is 0 Å². The van der Waals surface area contributed by atoms with E-state index >= 15 is 0 Å². The second-order valence-electron chi connectivity index (χ2n) is 7.06. The van der Waals surface area contributed by atoms with Crippen molar-refractivity contribution < 1.29 is 9.66 Å². The molecule has 132 valence electrons. The number of benzene rings is 1. The number of ether oxygens (including phenoxy) is 1. The zero-order valence-electron chi connectivity index (χ0n) is 14.5. The summed E-state index contributed by atoms with van der Waals surface area (Å²) in [5.74, 6) is 0. The van der Waals surface area contributed by atoms with Gasteiger partial charge in [0.1, 0.15) is 6.20 Å². The first-order valence-corrected chi connectivity index (χ1v) is 8.48. The average Bonchev–Trinajstić information content (AvgIpc) is 2.59. The van der Waals surface area contributed by atoms with Crippen molar-refractivity contribution in [2.75, 3.05) is 0 Å². The summed E-state index contributed by atoms with van der Waals surface area (Å²) in [6, 6.07) is 12.1. The molecule has 1 aliphatic heterocycles. The van der Waals surface area contributed by atoms with Gasteiger partial charge in [-0.25, -0.2) is 0 Å². The predicted octanol–water partition coefficient (Wildman–Crippen LogP) is 3.78. The van der Waals surface area contributed by atoms with E-state index in [1.165, 1.54) is 11.8 Å². The van der Waals surface area contributed by atoms with Crippen LogP contribution in [0.15, 0.2) is 48.8 Å². The Balaban J connectivity index is 1.76. The largest absolute Gasteiger partial charge is 0.367 e. The lowest BCUT2D eigenvalue weighted by Crippen LogP contribution is -2.44. The summed E-state index contributed by atoms with van der Waals surface area (Å²) in [6.07, 6.45) is 4.11. The fourth-order valence-electron chi connectivity index (χ4n) is 3.44. The maximum atomic E-state index is 11.3. The number of hydrogen-bond acceptors (Lipinski definition) is 5. The average molecular weight is 341 g/mol. The summed E-state index contributed by atoms with van der Waals surface area (Å²) in [6.45, 7) is 4.83. The number of nitrogens with zero attached hydrogens (tertiary/aromatic N) is 2. The van der Waals surface area contributed by atoms with Crippen molar-refractivity contribution in [3.63, 3.8) is 0 Å². The first kappa shape index (κ1) is 17.5. The summed E-state index contributed by atoms with van der Waals surface area (Å²) in [5, 5.41) is 14.9. The molecule has 0 aliphatic carbocycles. The van der Waals surface area contributed by atoms with Gasteiger partial charge in [-0.05, 0) is 38.3 Å². The third-order valence-electron chi connectivity index (χ3n) is 4.51. The number of pyridine rings is 1. The van der Waals surface area contributed by atoms with Gasteiger partial charge in [0, 0.05) is 18.8 Å². The molecule has 2 unspecified atom stereocenters. The summed E-state index contributed by atoms with van der Waals surface area (Å²) in [7, 11) is 0. The van der Waals surface area contributed by atoms with Gasteiger partial charge in [0.05, 0.1) is 22.2 Å². The van der Waals surface area contributed by atoms with E-state index in [0.717, 1.165) is 13.0 Å². The summed E-state index contributed by atoms with van der Waals surface area (Å²) >= 11 is 0. The lowest BCUT2D eigenvalue weighted by Gasteiger charge is -2.41. The van der Waals surface area contributed by atoms with Crippen molar-refractivity contribution in [2.24, 2.45) is 0 Å². The molecule has 1 saturated heterocycles. The van der Waals surface area contributed by atoms with Crippen molar-refractivity contribution >= 4 is 5.69 Å². The molecule has 0 saturated carbocycles. The molecule has 0 spiro atoms. The lowest BCUT2D eigenvalue weighted by atomic mass is 9.88. The monoisotopic (exact) mass is 341 g/mol. The Morgan fingerprint density at radius 1 is 1.32 bits per heavy atom. The van der Waals surface area contributed by atoms with Gasteiger partial charge in [0.15, 0.2) is 0 Å². The van der Waals surface area contributed by atoms with Crippen LogP contribution >= 0.6 is 0 Å². The van der Waals surface area contributed by atoms with E-state index in [1.807, 2.05) is 32.0 Å². The number of hydrogen-bond donors (Lipinski definition) is 1. The Kier molecular flexibility index (Phi) is 5.11. The minimum absolute atomic E-state index is 0.0204. The van der Waals surface area contributed by atoms with E-state index in [-0.39, 0.29) is 28.4 Å². The minimum Gasteiger partial charge on any atom is -0.367 e. The number of rotatable bonds is 5. The lowest BCUT2D eigenvalue weighted by molar-refractivity contribution is -0.386. The zero-order chi connectivity index (χ0) is 17.9. The number of aromatic nitrogens is 1. The highest BCUT2D eigenvalue weighted by Crippen LogP contribution is 2.39. The Bertz CT molecular complexity index is 734. The van der Waals surface area contributed by atoms with Gasteiger partial charge in [-0.15, -0.1) is 0 Å². The van der Waals surface area contributed by atoms with Crippen molar-refractivity contribution in [2.45, 2.75) is 51.0 Å². The Morgan fingerprint density at radius 3 is 2.80 bits per heavy atom. The van der Waals surface area contributed by atoms with Crippen molar-refractivity contribution in [1.82, 2.24) is 10.3 Å². The molecular formula is C19H23N3O3. The SMILES string of the molecule is CC1(C)CC(NCc2ccccc2)CC(c2ccncc2[N+](=O)[O-])O1. The van der Waals surface area contributed by atoms with Crippen LogP contribution in [0.25, 0.3) is 0 Å². The molecule has 0 amide bonds. The van der Waals surface area contributed by atoms with Crippen LogP contribution in [0.4, 0.5) is 5.69 Å². The molecule has 1 N–H and O–H groups in total. The first-order valence-electron chi connectivity index (χ1n) is 8.48. The Morgan fingerprint density at radius 2 is 2.08 bits per heavy atom. The van der Waals surface area contributed by atoms with Crippen LogP contribution in [0.3, 0.4) is 0 Å². The van der Waals surface area contributed by atoms with Crippen LogP contribution in [0.2, 0.25) is 0 Å². The number of nitro groups is 1. The highest BCUT2D eigenvalue weighted by molar-refractivity contribution is 5.39. The molecular weight excluding hydrogens is 318 g/mol. The summed E-state index contributed by atoms with van der Waals surface area (Å²) < 4.78 is 6.16. The second-order valence-corrected chi connectivity index (χ2v) is 7.06. The van der Waals surface area contributed by atoms with Crippen LogP contribution in [0, 0.1) is 10.1 Å². The third-order valence-corrected chi connectivity index (χ3v) is 4.51. The highest BCUT2D eigenvalue weighted by Gasteiger charge is 2.37. The maximum absolute atomic E-state index is 11.3. The molecule has 1 aromatic heterocycles. The second kappa shape index (κ2) is 7.29. The van der Waals surface area contributed by atoms with Crippen molar-refractivity contribution in [1.29, 1.82) is 0 Å². The zero-order valence-corrected chi connectivity index (χ0v) is 14.5. The van der Waals surface area contributed by atoms with Crippen LogP contribution in [-0.2, 0) is 11.3 Å². The number of nitrogens with one attached hydrogen (secondary N) is 1. The Labute approximate surface area is 147 Å². The molecule has 1 fully saturated rings. The maximum Gasteiger partial charge on any atom is 0.293 e. The normalized spacial score (nSPS) is 22.5. The van der Waals surface area contributed by atoms with E-state index in [9.17, 15) is 10.1 Å². The van der Waals surface area contributed by atoms with E-state index in [2.05, 4.69) is 22.4 Å². The molecule has 2 atom stereocenters. The van der Waals surface area contributed by atoms with Gasteiger partial charge in [-0.2, -0.15) is 0 Å². The molecule has 1 aromatic carbocycles. The van der Waals surface area contributed by atoms with Crippen molar-refractivity contribution in [3.05, 3.63) is 70.0 Å². The van der Waals surface area contributed by atoms with Crippen LogP contribution < -0.4 is 5.32 Å². The van der Waals surface area contributed by atoms with Gasteiger partial charge in [0.2, 0.25) is 0 Å². The molecule has 6 nitrogen and oxygen atoms in total. The van der Waals surface area contributed by atoms with E-state index in [0.29, 0.717) is 12.0 Å². The van der Waals surface area contributed by atoms with Crippen molar-refractivity contribution in [3.8, 4) is 0 Å². The standard InChI is InChI=1S/C19H23N3O3/c1-19(2)11-15(21-12-14-6-4-3-5-7-14)10-18(25-19)16-8-9-20-13-17(16)22(23)24/h3-9,13,15,18,21H,10-12H2,1-2H3. The molecule has 25 heavy (non-hydrogen) atoms. The molecule has 0 radical (unpaired) electrons. The Hall–Kier alpha value is -2.31. The van der Waals surface area contributed by atoms with Crippen LogP contribution in [0.1, 0.15) is 43.9 Å². The van der Waals surface area contributed by atoms with Crippen LogP contribution in [-0.4, -0.2) is 21.6 Å². The molecule has 2 aromatic rings. The van der Waals surface area contributed by atoms with E-state index < -0.39 is 0 Å². The van der Waals surface area contributed by atoms with Gasteiger partial charge in [0.25, 0.3) is 5.69 Å². The predicted molar refractivity (Wildman–Crippen MR) is 95.1 cm³/mol. The van der Waals surface area contributed by atoms with Gasteiger partial charge in [-0.3, -0.25) is 15.1 Å². The molecule has 1 aliphatic rings. The first-order chi connectivity index (χ1) is 11.9. The van der Waals surface area contributed by atoms with Gasteiger partial charge < -0.3 is 10.1 Å². The quantitative estimate of drug-likeness (QED) is 0.661. The topological polar surface area (TPSA) is 77.3 Å². The summed E-state index contributed by atoms with van der Waals surface area (Å²) in [4.78, 5) is 14.8. The third kappa shape index (κ3) is 4.41. The van der Waals surface area contributed by atoms with Gasteiger partial charge >= 0.3 is 0 Å².